The van der Waals surface area contributed by atoms with Crippen molar-refractivity contribution in [1.82, 2.24) is 0 Å². The van der Waals surface area contributed by atoms with Crippen molar-refractivity contribution >= 4 is 62.3 Å². The van der Waals surface area contributed by atoms with Crippen molar-refractivity contribution in [2.75, 3.05) is 0 Å². The molecule has 0 atom stereocenters. The average molecular weight is 724 g/mol. The lowest BCUT2D eigenvalue weighted by atomic mass is 9.93. The Kier molecular flexibility index (Phi) is 8.22. The molecule has 5 aliphatic heterocycles. The largest absolute Gasteiger partial charge is 0.385 e. The highest BCUT2D eigenvalue weighted by atomic mass is 15.1. The van der Waals surface area contributed by atoms with E-state index in [2.05, 4.69) is 25.9 Å². The van der Waals surface area contributed by atoms with Crippen LogP contribution in [0.25, 0.3) is 31.6 Å². The zero-order chi connectivity index (χ0) is 38.2. The first-order chi connectivity index (χ1) is 27.5. The monoisotopic (exact) mass is 723 g/mol. The number of diazo groups is 3. The molecule has 0 radical (unpaired) electrons. The van der Waals surface area contributed by atoms with E-state index in [1.807, 2.05) is 110 Å². The van der Waals surface area contributed by atoms with Gasteiger partial charge in [-0.3, -0.25) is 0 Å². The Bertz CT molecular complexity index is 2850. The predicted molar refractivity (Wildman–Crippen MR) is 219 cm³/mol. The van der Waals surface area contributed by atoms with Crippen molar-refractivity contribution in [3.63, 3.8) is 0 Å². The number of quaternary nitrogens is 1. The Labute approximate surface area is 320 Å². The van der Waals surface area contributed by atoms with E-state index in [9.17, 15) is 16.2 Å². The van der Waals surface area contributed by atoms with E-state index in [1.165, 1.54) is 0 Å². The average Bonchev–Trinajstić information content (AvgIpc) is 4.10. The summed E-state index contributed by atoms with van der Waals surface area (Å²) in [6, 6.07) is 21.7. The number of hydrogen-bond acceptors (Lipinski definition) is 8. The molecule has 0 amide bonds. The Hall–Kier alpha value is -8.50. The molecule has 1 aliphatic carbocycles. The molecule has 0 fully saturated rings. The normalized spacial score (nSPS) is 18.5. The Morgan fingerprint density at radius 1 is 0.429 bits per heavy atom. The van der Waals surface area contributed by atoms with Crippen LogP contribution in [0.1, 0.15) is 16.7 Å². The fraction of sp³-hybridized carbons (Fsp3) is 0. The molecule has 0 spiro atoms. The highest BCUT2D eigenvalue weighted by Crippen LogP contribution is 2.39. The minimum absolute atomic E-state index is 0.415. The van der Waals surface area contributed by atoms with Gasteiger partial charge in [0, 0.05) is 53.1 Å². The lowest BCUT2D eigenvalue weighted by Crippen LogP contribution is -2.41. The van der Waals surface area contributed by atoms with Crippen LogP contribution in [0, 0.1) is 22.6 Å². The van der Waals surface area contributed by atoms with E-state index in [0.717, 1.165) is 50.3 Å². The first-order valence-electron chi connectivity index (χ1n) is 17.5. The molecule has 0 saturated carbocycles. The van der Waals surface area contributed by atoms with Crippen molar-refractivity contribution in [3.05, 3.63) is 212 Å². The number of fused-ring (bicyclic) bond motifs is 4. The van der Waals surface area contributed by atoms with Crippen LogP contribution in [0.15, 0.2) is 199 Å². The van der Waals surface area contributed by atoms with Gasteiger partial charge < -0.3 is 0 Å². The summed E-state index contributed by atoms with van der Waals surface area (Å²) in [6.07, 6.45) is 23.5. The minimum atomic E-state index is 0.415. The van der Waals surface area contributed by atoms with Crippen LogP contribution in [0.4, 0.5) is 17.1 Å². The molecule has 12 nitrogen and oxygen atoms in total. The van der Waals surface area contributed by atoms with Gasteiger partial charge in [0.15, 0.2) is 14.9 Å². The maximum absolute atomic E-state index is 9.45. The van der Waals surface area contributed by atoms with Gasteiger partial charge in [0.1, 0.15) is 0 Å². The lowest BCUT2D eigenvalue weighted by molar-refractivity contribution is -0.371. The van der Waals surface area contributed by atoms with Gasteiger partial charge in [-0.1, -0.05) is 5.10 Å². The molecule has 0 unspecified atom stereocenters. The van der Waals surface area contributed by atoms with Gasteiger partial charge in [0.25, 0.3) is 0 Å². The SMILES string of the molecule is N#[N+]c1ccc(C2=C3C=CC(=N3)C(C3=C[CH+]C(=N[NH3+])C=C3)=C3C=CC(=N3)C(c3ccc([N+]#N)cc3)=C3C=CC(=N3)C(c3ccc([N+]#N)cc3)=C3C=CC2=N3)cc1. The van der Waals surface area contributed by atoms with E-state index in [1.54, 1.807) is 36.4 Å². The van der Waals surface area contributed by atoms with E-state index >= 15 is 0 Å². The number of nitrogens with zero attached hydrogens (tertiary/aromatic N) is 11. The highest BCUT2D eigenvalue weighted by Gasteiger charge is 2.30. The quantitative estimate of drug-likeness (QED) is 0.161. The summed E-state index contributed by atoms with van der Waals surface area (Å²) in [5, 5.41) is 32.4. The zero-order valence-corrected chi connectivity index (χ0v) is 29.5. The fourth-order valence-corrected chi connectivity index (χ4v) is 7.09. The topological polar surface area (TPSA) is 174 Å². The smallest absolute Gasteiger partial charge is 0.248 e. The summed E-state index contributed by atoms with van der Waals surface area (Å²) in [6.45, 7) is 0. The second kappa shape index (κ2) is 13.8. The van der Waals surface area contributed by atoms with Crippen LogP contribution in [0.2, 0.25) is 0 Å². The molecule has 0 saturated heterocycles. The molecule has 3 aromatic carbocycles. The molecular weight excluding hydrogens is 697 g/mol. The molecule has 56 heavy (non-hydrogen) atoms. The summed E-state index contributed by atoms with van der Waals surface area (Å²) in [5.74, 6) is 3.68. The summed E-state index contributed by atoms with van der Waals surface area (Å²) < 4.78 is 0. The van der Waals surface area contributed by atoms with Gasteiger partial charge in [-0.2, -0.15) is 0 Å². The number of aliphatic imine (C=N–C) groups is 4. The molecule has 8 bridgehead atoms. The van der Waals surface area contributed by atoms with Crippen LogP contribution in [-0.4, -0.2) is 28.6 Å². The van der Waals surface area contributed by atoms with Crippen molar-refractivity contribution in [3.8, 4) is 0 Å². The van der Waals surface area contributed by atoms with Gasteiger partial charge in [0.2, 0.25) is 21.9 Å². The first-order valence-corrected chi connectivity index (χ1v) is 17.5. The number of allylic oxidation sites excluding steroid dienone is 16. The fourth-order valence-electron chi connectivity index (χ4n) is 7.09. The van der Waals surface area contributed by atoms with Gasteiger partial charge in [-0.05, 0) is 102 Å². The van der Waals surface area contributed by atoms with E-state index < -0.39 is 0 Å². The first kappa shape index (κ1) is 33.3. The third-order valence-corrected chi connectivity index (χ3v) is 9.76. The van der Waals surface area contributed by atoms with Crippen LogP contribution in [0.3, 0.4) is 0 Å². The Morgan fingerprint density at radius 2 is 0.768 bits per heavy atom. The van der Waals surface area contributed by atoms with Crippen LogP contribution < -0.4 is 5.84 Å². The molecule has 6 aliphatic rings. The van der Waals surface area contributed by atoms with Crippen molar-refractivity contribution in [2.45, 2.75) is 0 Å². The maximum atomic E-state index is 9.45. The third-order valence-electron chi connectivity index (χ3n) is 9.76. The van der Waals surface area contributed by atoms with E-state index in [4.69, 9.17) is 20.0 Å². The van der Waals surface area contributed by atoms with Gasteiger partial charge in [-0.15, -0.1) is 0 Å². The van der Waals surface area contributed by atoms with Crippen LogP contribution >= 0.6 is 0 Å². The maximum Gasteiger partial charge on any atom is 0.385 e. The summed E-state index contributed by atoms with van der Waals surface area (Å²) in [4.78, 5) is 31.0. The van der Waals surface area contributed by atoms with E-state index in [0.29, 0.717) is 62.7 Å². The minimum Gasteiger partial charge on any atom is -0.248 e. The molecule has 258 valence electrons. The predicted octanol–water partition coefficient (Wildman–Crippen LogP) is 9.28. The molecule has 0 aromatic heterocycles. The lowest BCUT2D eigenvalue weighted by Gasteiger charge is -2.12. The second-order valence-corrected chi connectivity index (χ2v) is 13.0. The molecule has 3 N–H and O–H groups in total. The summed E-state index contributed by atoms with van der Waals surface area (Å²) in [7, 11) is 0. The number of rotatable bonds is 4. The summed E-state index contributed by atoms with van der Waals surface area (Å²) in [5.41, 5.74) is 14.0. The molecular formula is C44H27N12+5. The van der Waals surface area contributed by atoms with Crippen LogP contribution in [-0.2, 0) is 0 Å². The highest BCUT2D eigenvalue weighted by molar-refractivity contribution is 6.38. The van der Waals surface area contributed by atoms with Crippen molar-refractivity contribution < 1.29 is 5.84 Å². The van der Waals surface area contributed by atoms with E-state index in [-0.39, 0.29) is 0 Å². The standard InChI is InChI=1S/C44H26N12/c45-53-29-9-1-25(2-10-29)41-33-17-19-35(49-33)42(26-3-11-30(54-46)12-4-26)37-21-23-39(51-37)44(28-7-15-32(56-48)16-8-28)40-24-22-38(52-40)43(36-20-18-34(41)50-36)27-5-13-31(55-47)14-6-27/h1-24H,45H2/q+4/p+1. The third kappa shape index (κ3) is 5.91. The number of hydrogen-bond donors (Lipinski definition) is 1. The van der Waals surface area contributed by atoms with Gasteiger partial charge in [-0.25, -0.2) is 25.8 Å². The zero-order valence-electron chi connectivity index (χ0n) is 29.5. The molecule has 9 rings (SSSR count). The summed E-state index contributed by atoms with van der Waals surface area (Å²) >= 11 is 0. The van der Waals surface area contributed by atoms with Crippen molar-refractivity contribution in [2.24, 2.45) is 25.1 Å². The number of benzene rings is 3. The molecule has 12 heteroatoms. The van der Waals surface area contributed by atoms with Gasteiger partial charge >= 0.3 is 17.1 Å². The van der Waals surface area contributed by atoms with Gasteiger partial charge in [0.05, 0.1) is 81.4 Å². The van der Waals surface area contributed by atoms with Crippen LogP contribution in [0.5, 0.6) is 0 Å². The Morgan fingerprint density at radius 3 is 1.07 bits per heavy atom. The second-order valence-electron chi connectivity index (χ2n) is 13.0. The van der Waals surface area contributed by atoms with Crippen molar-refractivity contribution in [1.29, 1.82) is 16.2 Å². The Balaban J connectivity index is 1.35. The molecule has 3 aromatic rings. The molecule has 5 heterocycles.